The molecule has 0 aliphatic carbocycles. The number of rotatable bonds is 11. The molecule has 0 spiro atoms. The first-order valence-electron chi connectivity index (χ1n) is 12.8. The molecule has 4 aromatic carbocycles. The lowest BCUT2D eigenvalue weighted by Gasteiger charge is -2.23. The molecule has 0 aromatic heterocycles. The van der Waals surface area contributed by atoms with Gasteiger partial charge in [-0.05, 0) is 66.9 Å². The lowest BCUT2D eigenvalue weighted by atomic mass is 10.1. The van der Waals surface area contributed by atoms with Crippen molar-refractivity contribution >= 4 is 40.8 Å². The molecule has 0 unspecified atom stereocenters. The summed E-state index contributed by atoms with van der Waals surface area (Å²) in [7, 11) is 0. The Hall–Kier alpha value is -4.63. The molecular formula is C31H29N3O5S. The van der Waals surface area contributed by atoms with E-state index >= 15 is 0 Å². The van der Waals surface area contributed by atoms with Crippen LogP contribution in [0.1, 0.15) is 18.1 Å². The van der Waals surface area contributed by atoms with Crippen LogP contribution in [0.25, 0.3) is 0 Å². The summed E-state index contributed by atoms with van der Waals surface area (Å²) in [6.45, 7) is 2.53. The number of amides is 2. The van der Waals surface area contributed by atoms with Crippen molar-refractivity contribution in [3.63, 3.8) is 0 Å². The molecule has 0 heterocycles. The quantitative estimate of drug-likeness (QED) is 0.120. The standard InChI is InChI=1S/C31H29N3O5S/c1-2-39-30(35)22-24-12-16-26(17-13-24)40-27-18-14-25(15-19-27)33(21-20-23-8-4-3-5-9-23)31(36)32-28-10-6-7-11-29(28)34(37)38/h3-19H,2,20-22H2,1H3,(H,32,36). The molecule has 0 aliphatic heterocycles. The van der Waals surface area contributed by atoms with Gasteiger partial charge < -0.3 is 10.1 Å². The Morgan fingerprint density at radius 2 is 1.48 bits per heavy atom. The second kappa shape index (κ2) is 14.0. The number of anilines is 2. The molecule has 0 fully saturated rings. The average molecular weight is 556 g/mol. The van der Waals surface area contributed by atoms with Crippen molar-refractivity contribution < 1.29 is 19.2 Å². The van der Waals surface area contributed by atoms with Gasteiger partial charge in [0.25, 0.3) is 5.69 Å². The summed E-state index contributed by atoms with van der Waals surface area (Å²) in [5, 5.41) is 14.2. The van der Waals surface area contributed by atoms with Crippen LogP contribution in [0.3, 0.4) is 0 Å². The topological polar surface area (TPSA) is 102 Å². The summed E-state index contributed by atoms with van der Waals surface area (Å²) in [6, 6.07) is 30.8. The minimum Gasteiger partial charge on any atom is -0.466 e. The molecule has 0 saturated heterocycles. The van der Waals surface area contributed by atoms with E-state index in [1.807, 2.05) is 78.9 Å². The molecule has 9 heteroatoms. The normalized spacial score (nSPS) is 10.5. The first kappa shape index (κ1) is 28.4. The minimum atomic E-state index is -0.515. The number of nitrogens with zero attached hydrogens (tertiary/aromatic N) is 2. The lowest BCUT2D eigenvalue weighted by Crippen LogP contribution is -2.36. The number of esters is 1. The Labute approximate surface area is 237 Å². The third-order valence-corrected chi connectivity index (χ3v) is 7.03. The zero-order valence-electron chi connectivity index (χ0n) is 22.0. The fraction of sp³-hybridized carbons (Fsp3) is 0.161. The first-order chi connectivity index (χ1) is 19.4. The number of ether oxygens (including phenoxy) is 1. The Morgan fingerprint density at radius 1 is 0.850 bits per heavy atom. The van der Waals surface area contributed by atoms with Crippen molar-refractivity contribution in [1.29, 1.82) is 0 Å². The number of urea groups is 1. The van der Waals surface area contributed by atoms with E-state index in [1.54, 1.807) is 35.7 Å². The summed E-state index contributed by atoms with van der Waals surface area (Å²) in [5.74, 6) is -0.249. The number of hydrogen-bond donors (Lipinski definition) is 1. The molecule has 4 aromatic rings. The van der Waals surface area contributed by atoms with Gasteiger partial charge in [0.15, 0.2) is 0 Å². The van der Waals surface area contributed by atoms with Crippen LogP contribution in [-0.2, 0) is 22.4 Å². The predicted molar refractivity (Wildman–Crippen MR) is 157 cm³/mol. The van der Waals surface area contributed by atoms with E-state index in [2.05, 4.69) is 5.32 Å². The van der Waals surface area contributed by atoms with Gasteiger partial charge in [-0.2, -0.15) is 0 Å². The van der Waals surface area contributed by atoms with Crippen LogP contribution in [0.5, 0.6) is 0 Å². The highest BCUT2D eigenvalue weighted by Gasteiger charge is 2.20. The van der Waals surface area contributed by atoms with Crippen LogP contribution in [0, 0.1) is 10.1 Å². The molecule has 4 rings (SSSR count). The number of carbonyl (C=O) groups is 2. The predicted octanol–water partition coefficient (Wildman–Crippen LogP) is 7.13. The number of benzene rings is 4. The summed E-state index contributed by atoms with van der Waals surface area (Å²) in [4.78, 5) is 39.6. The molecule has 0 aliphatic rings. The highest BCUT2D eigenvalue weighted by atomic mass is 32.2. The van der Waals surface area contributed by atoms with Crippen LogP contribution in [0.4, 0.5) is 21.9 Å². The fourth-order valence-corrected chi connectivity index (χ4v) is 4.86. The van der Waals surface area contributed by atoms with Gasteiger partial charge in [0, 0.05) is 28.1 Å². The number of carbonyl (C=O) groups excluding carboxylic acids is 2. The van der Waals surface area contributed by atoms with Gasteiger partial charge in [-0.1, -0.05) is 66.4 Å². The maximum atomic E-state index is 13.4. The van der Waals surface area contributed by atoms with E-state index in [0.29, 0.717) is 25.3 Å². The van der Waals surface area contributed by atoms with Gasteiger partial charge in [0.1, 0.15) is 5.69 Å². The van der Waals surface area contributed by atoms with Gasteiger partial charge in [-0.15, -0.1) is 0 Å². The molecule has 0 saturated carbocycles. The molecule has 0 atom stereocenters. The maximum absolute atomic E-state index is 13.4. The van der Waals surface area contributed by atoms with Crippen molar-refractivity contribution in [2.24, 2.45) is 0 Å². The van der Waals surface area contributed by atoms with Crippen LogP contribution >= 0.6 is 11.8 Å². The van der Waals surface area contributed by atoms with Crippen LogP contribution in [0.2, 0.25) is 0 Å². The fourth-order valence-electron chi connectivity index (χ4n) is 4.04. The molecule has 2 amide bonds. The second-order valence-corrected chi connectivity index (χ2v) is 9.96. The largest absolute Gasteiger partial charge is 0.466 e. The summed E-state index contributed by atoms with van der Waals surface area (Å²) in [6.07, 6.45) is 0.848. The lowest BCUT2D eigenvalue weighted by molar-refractivity contribution is -0.383. The van der Waals surface area contributed by atoms with Gasteiger partial charge in [-0.3, -0.25) is 19.8 Å². The smallest absolute Gasteiger partial charge is 0.326 e. The van der Waals surface area contributed by atoms with Gasteiger partial charge in [0.05, 0.1) is 18.0 Å². The van der Waals surface area contributed by atoms with Crippen molar-refractivity contribution in [3.8, 4) is 0 Å². The van der Waals surface area contributed by atoms with Crippen LogP contribution in [0.15, 0.2) is 113 Å². The number of nitro benzene ring substituents is 1. The number of nitro groups is 1. The first-order valence-corrected chi connectivity index (χ1v) is 13.6. The third kappa shape index (κ3) is 7.94. The molecular weight excluding hydrogens is 526 g/mol. The van der Waals surface area contributed by atoms with E-state index in [0.717, 1.165) is 20.9 Å². The van der Waals surface area contributed by atoms with Gasteiger partial charge >= 0.3 is 12.0 Å². The highest BCUT2D eigenvalue weighted by molar-refractivity contribution is 7.99. The summed E-state index contributed by atoms with van der Waals surface area (Å²) >= 11 is 1.56. The summed E-state index contributed by atoms with van der Waals surface area (Å²) < 4.78 is 5.00. The molecule has 204 valence electrons. The Morgan fingerprint density at radius 3 is 2.12 bits per heavy atom. The molecule has 8 nitrogen and oxygen atoms in total. The Bertz CT molecular complexity index is 1440. The second-order valence-electron chi connectivity index (χ2n) is 8.81. The van der Waals surface area contributed by atoms with E-state index in [-0.39, 0.29) is 23.8 Å². The van der Waals surface area contributed by atoms with E-state index < -0.39 is 11.0 Å². The number of para-hydroxylation sites is 2. The zero-order valence-corrected chi connectivity index (χ0v) is 22.8. The van der Waals surface area contributed by atoms with Crippen molar-refractivity contribution in [3.05, 3.63) is 124 Å². The Balaban J connectivity index is 1.49. The minimum absolute atomic E-state index is 0.140. The van der Waals surface area contributed by atoms with Gasteiger partial charge in [-0.25, -0.2) is 4.79 Å². The molecule has 1 N–H and O–H groups in total. The van der Waals surface area contributed by atoms with Crippen molar-refractivity contribution in [1.82, 2.24) is 0 Å². The van der Waals surface area contributed by atoms with Crippen molar-refractivity contribution in [2.45, 2.75) is 29.6 Å². The molecule has 40 heavy (non-hydrogen) atoms. The third-order valence-electron chi connectivity index (χ3n) is 6.02. The highest BCUT2D eigenvalue weighted by Crippen LogP contribution is 2.30. The van der Waals surface area contributed by atoms with E-state index in [9.17, 15) is 19.7 Å². The molecule has 0 radical (unpaired) electrons. The van der Waals surface area contributed by atoms with E-state index in [1.165, 1.54) is 12.1 Å². The average Bonchev–Trinajstić information content (AvgIpc) is 2.96. The number of hydrogen-bond acceptors (Lipinski definition) is 6. The molecule has 0 bridgehead atoms. The van der Waals surface area contributed by atoms with Crippen LogP contribution in [-0.4, -0.2) is 30.1 Å². The van der Waals surface area contributed by atoms with Gasteiger partial charge in [0.2, 0.25) is 0 Å². The maximum Gasteiger partial charge on any atom is 0.326 e. The zero-order chi connectivity index (χ0) is 28.3. The van der Waals surface area contributed by atoms with Crippen LogP contribution < -0.4 is 10.2 Å². The Kier molecular flexibility index (Phi) is 9.90. The SMILES string of the molecule is CCOC(=O)Cc1ccc(Sc2ccc(N(CCc3ccccc3)C(=O)Nc3ccccc3[N+](=O)[O-])cc2)cc1. The monoisotopic (exact) mass is 555 g/mol. The van der Waals surface area contributed by atoms with Crippen molar-refractivity contribution in [2.75, 3.05) is 23.4 Å². The number of nitrogens with one attached hydrogen (secondary N) is 1. The summed E-state index contributed by atoms with van der Waals surface area (Å²) in [5.41, 5.74) is 2.60. The van der Waals surface area contributed by atoms with E-state index in [4.69, 9.17) is 4.74 Å².